The Morgan fingerprint density at radius 1 is 0.528 bits per heavy atom. The van der Waals surface area contributed by atoms with E-state index in [0.717, 1.165) is 38.5 Å². The Morgan fingerprint density at radius 2 is 0.778 bits per heavy atom. The lowest BCUT2D eigenvalue weighted by Crippen LogP contribution is -2.57. The molecular formula is C31H60O5. The molecule has 0 saturated carbocycles. The molecule has 0 rings (SSSR count). The lowest BCUT2D eigenvalue weighted by molar-refractivity contribution is -0.166. The predicted octanol–water partition coefficient (Wildman–Crippen LogP) is 7.61. The molecule has 0 spiro atoms. The van der Waals surface area contributed by atoms with E-state index in [1.165, 1.54) is 89.9 Å². The van der Waals surface area contributed by atoms with Crippen molar-refractivity contribution in [2.24, 2.45) is 0 Å². The zero-order chi connectivity index (χ0) is 26.9. The van der Waals surface area contributed by atoms with Crippen LogP contribution in [0.15, 0.2) is 0 Å². The van der Waals surface area contributed by atoms with Crippen molar-refractivity contribution in [1.29, 1.82) is 0 Å². The minimum atomic E-state index is -2.47. The molecule has 36 heavy (non-hydrogen) atoms. The summed E-state index contributed by atoms with van der Waals surface area (Å²) < 4.78 is 0. The lowest BCUT2D eigenvalue weighted by Gasteiger charge is -2.29. The first-order chi connectivity index (χ1) is 17.4. The van der Waals surface area contributed by atoms with E-state index in [0.29, 0.717) is 12.8 Å². The predicted molar refractivity (Wildman–Crippen MR) is 150 cm³/mol. The van der Waals surface area contributed by atoms with Crippen LogP contribution >= 0.6 is 0 Å². The van der Waals surface area contributed by atoms with Gasteiger partial charge in [0.1, 0.15) is 6.10 Å². The minimum absolute atomic E-state index is 0.0641. The molecule has 0 unspecified atom stereocenters. The lowest BCUT2D eigenvalue weighted by atomic mass is 9.82. The molecule has 0 saturated heterocycles. The highest BCUT2D eigenvalue weighted by Crippen LogP contribution is 2.22. The molecule has 0 aliphatic carbocycles. The SMILES string of the molecule is CCCCCCCCCCCCCC(=O)C(O)(C(=O)CCCCCCCCCCCCC)[C@@H](O)CO. The second-order valence-electron chi connectivity index (χ2n) is 10.9. The summed E-state index contributed by atoms with van der Waals surface area (Å²) in [6, 6.07) is 0. The Labute approximate surface area is 222 Å². The number of carbonyl (C=O) groups excluding carboxylic acids is 2. The number of Topliss-reactive ketones (excluding diaryl/α,β-unsaturated/α-hetero) is 2. The van der Waals surface area contributed by atoms with Crippen LogP contribution in [0.25, 0.3) is 0 Å². The molecule has 0 aromatic rings. The summed E-state index contributed by atoms with van der Waals surface area (Å²) in [7, 11) is 0. The molecule has 0 aliphatic heterocycles. The number of aliphatic hydroxyl groups excluding tert-OH is 2. The molecule has 0 fully saturated rings. The highest BCUT2D eigenvalue weighted by atomic mass is 16.4. The number of ketones is 2. The van der Waals surface area contributed by atoms with Crippen LogP contribution in [-0.4, -0.2) is 45.2 Å². The van der Waals surface area contributed by atoms with Gasteiger partial charge < -0.3 is 15.3 Å². The molecule has 0 amide bonds. The third-order valence-corrected chi connectivity index (χ3v) is 7.52. The smallest absolute Gasteiger partial charge is 0.209 e. The van der Waals surface area contributed by atoms with Gasteiger partial charge in [-0.2, -0.15) is 0 Å². The fraction of sp³-hybridized carbons (Fsp3) is 0.935. The third kappa shape index (κ3) is 16.9. The van der Waals surface area contributed by atoms with Gasteiger partial charge in [0.2, 0.25) is 5.60 Å². The largest absolute Gasteiger partial charge is 0.394 e. The van der Waals surface area contributed by atoms with E-state index >= 15 is 0 Å². The zero-order valence-corrected chi connectivity index (χ0v) is 23.9. The molecule has 0 aliphatic rings. The van der Waals surface area contributed by atoms with Gasteiger partial charge in [-0.3, -0.25) is 9.59 Å². The van der Waals surface area contributed by atoms with Gasteiger partial charge in [-0.1, -0.05) is 142 Å². The van der Waals surface area contributed by atoms with Crippen molar-refractivity contribution in [3.63, 3.8) is 0 Å². The molecule has 0 radical (unpaired) electrons. The number of rotatable bonds is 28. The Kier molecular flexibility index (Phi) is 24.0. The van der Waals surface area contributed by atoms with Crippen molar-refractivity contribution in [3.05, 3.63) is 0 Å². The average Bonchev–Trinajstić information content (AvgIpc) is 2.88. The summed E-state index contributed by atoms with van der Waals surface area (Å²) in [5, 5.41) is 30.3. The summed E-state index contributed by atoms with van der Waals surface area (Å²) in [4.78, 5) is 25.5. The van der Waals surface area contributed by atoms with Crippen LogP contribution in [0.3, 0.4) is 0 Å². The zero-order valence-electron chi connectivity index (χ0n) is 23.9. The van der Waals surface area contributed by atoms with Crippen molar-refractivity contribution in [2.75, 3.05) is 6.61 Å². The first-order valence-corrected chi connectivity index (χ1v) is 15.5. The Hall–Kier alpha value is -0.780. The van der Waals surface area contributed by atoms with Gasteiger partial charge in [0.25, 0.3) is 0 Å². The Morgan fingerprint density at radius 3 is 1.03 bits per heavy atom. The topological polar surface area (TPSA) is 94.8 Å². The van der Waals surface area contributed by atoms with Gasteiger partial charge in [0.05, 0.1) is 6.61 Å². The van der Waals surface area contributed by atoms with Crippen molar-refractivity contribution in [2.45, 2.75) is 180 Å². The molecule has 5 heteroatoms. The minimum Gasteiger partial charge on any atom is -0.394 e. The summed E-state index contributed by atoms with van der Waals surface area (Å²) >= 11 is 0. The maximum atomic E-state index is 12.7. The van der Waals surface area contributed by atoms with Crippen LogP contribution in [0.2, 0.25) is 0 Å². The molecule has 1 atom stereocenters. The Bertz CT molecular complexity index is 481. The van der Waals surface area contributed by atoms with Crippen LogP contribution in [0.4, 0.5) is 0 Å². The van der Waals surface area contributed by atoms with Crippen LogP contribution in [0, 0.1) is 0 Å². The first kappa shape index (κ1) is 35.2. The van der Waals surface area contributed by atoms with E-state index < -0.39 is 29.9 Å². The van der Waals surface area contributed by atoms with Gasteiger partial charge in [0, 0.05) is 12.8 Å². The molecule has 0 heterocycles. The number of hydrogen-bond donors (Lipinski definition) is 3. The van der Waals surface area contributed by atoms with Gasteiger partial charge in [0.15, 0.2) is 11.6 Å². The van der Waals surface area contributed by atoms with E-state index in [-0.39, 0.29) is 12.8 Å². The Balaban J connectivity index is 4.09. The van der Waals surface area contributed by atoms with Crippen LogP contribution in [0.5, 0.6) is 0 Å². The van der Waals surface area contributed by atoms with Gasteiger partial charge in [-0.25, -0.2) is 0 Å². The quantitative estimate of drug-likeness (QED) is 0.0740. The van der Waals surface area contributed by atoms with E-state index in [1.54, 1.807) is 0 Å². The molecular weight excluding hydrogens is 452 g/mol. The molecule has 3 N–H and O–H groups in total. The highest BCUT2D eigenvalue weighted by Gasteiger charge is 2.48. The molecule has 0 aromatic carbocycles. The van der Waals surface area contributed by atoms with Crippen LogP contribution < -0.4 is 0 Å². The summed E-state index contributed by atoms with van der Waals surface area (Å²) in [6.07, 6.45) is 23.7. The van der Waals surface area contributed by atoms with Gasteiger partial charge in [-0.15, -0.1) is 0 Å². The van der Waals surface area contributed by atoms with E-state index in [2.05, 4.69) is 13.8 Å². The second-order valence-corrected chi connectivity index (χ2v) is 10.9. The number of unbranched alkanes of at least 4 members (excludes halogenated alkanes) is 20. The molecule has 214 valence electrons. The molecule has 5 nitrogen and oxygen atoms in total. The van der Waals surface area contributed by atoms with E-state index in [1.807, 2.05) is 0 Å². The van der Waals surface area contributed by atoms with Crippen molar-refractivity contribution < 1.29 is 24.9 Å². The normalized spacial score (nSPS) is 12.7. The van der Waals surface area contributed by atoms with Crippen molar-refractivity contribution in [1.82, 2.24) is 0 Å². The summed E-state index contributed by atoms with van der Waals surface area (Å²) in [5.41, 5.74) is -2.47. The standard InChI is InChI=1S/C31H60O5/c1-3-5-7-9-11-13-15-17-19-21-23-25-28(33)31(36,30(35)27-32)29(34)26-24-22-20-18-16-14-12-10-8-6-4-2/h30,32,35-36H,3-27H2,1-2H3/t30-/m0/s1. The van der Waals surface area contributed by atoms with Crippen molar-refractivity contribution >= 4 is 11.6 Å². The van der Waals surface area contributed by atoms with Crippen LogP contribution in [0.1, 0.15) is 168 Å². The molecule has 0 bridgehead atoms. The number of carbonyl (C=O) groups is 2. The maximum absolute atomic E-state index is 12.7. The fourth-order valence-electron chi connectivity index (χ4n) is 4.94. The number of aliphatic hydroxyl groups is 3. The summed E-state index contributed by atoms with van der Waals surface area (Å²) in [5.74, 6) is -1.29. The highest BCUT2D eigenvalue weighted by molar-refractivity contribution is 6.10. The monoisotopic (exact) mass is 512 g/mol. The first-order valence-electron chi connectivity index (χ1n) is 15.5. The number of hydrogen-bond acceptors (Lipinski definition) is 5. The van der Waals surface area contributed by atoms with E-state index in [9.17, 15) is 24.9 Å². The van der Waals surface area contributed by atoms with Gasteiger partial charge in [-0.05, 0) is 12.8 Å². The maximum Gasteiger partial charge on any atom is 0.209 e. The summed E-state index contributed by atoms with van der Waals surface area (Å²) in [6.45, 7) is 3.65. The third-order valence-electron chi connectivity index (χ3n) is 7.52. The van der Waals surface area contributed by atoms with E-state index in [4.69, 9.17) is 0 Å². The second kappa shape index (κ2) is 24.6. The van der Waals surface area contributed by atoms with Gasteiger partial charge >= 0.3 is 0 Å². The molecule has 0 aromatic heterocycles. The average molecular weight is 513 g/mol. The van der Waals surface area contributed by atoms with Crippen molar-refractivity contribution in [3.8, 4) is 0 Å². The van der Waals surface area contributed by atoms with Crippen LogP contribution in [-0.2, 0) is 9.59 Å². The fourth-order valence-corrected chi connectivity index (χ4v) is 4.94.